The minimum atomic E-state index is -3.50. The normalized spacial score (nSPS) is 10.6. The number of nitrogens with one attached hydrogen (secondary N) is 1. The van der Waals surface area contributed by atoms with Crippen LogP contribution in [0.1, 0.15) is 0 Å². The summed E-state index contributed by atoms with van der Waals surface area (Å²) in [7, 11) is -2.21. The van der Waals surface area contributed by atoms with Gasteiger partial charge in [0.05, 0.1) is 10.6 Å². The van der Waals surface area contributed by atoms with E-state index >= 15 is 0 Å². The average Bonchev–Trinajstić information content (AvgIpc) is 2.09. The number of nitrogen functional groups attached to an aromatic ring is 1. The van der Waals surface area contributed by atoms with Gasteiger partial charge in [0.1, 0.15) is 5.75 Å². The Morgan fingerprint density at radius 1 is 1.43 bits per heavy atom. The maximum Gasteiger partial charge on any atom is 0.240 e. The van der Waals surface area contributed by atoms with E-state index in [1.165, 1.54) is 19.2 Å². The first-order chi connectivity index (χ1) is 5.97. The summed E-state index contributed by atoms with van der Waals surface area (Å²) in [5.74, 6) is -0.240. The summed E-state index contributed by atoms with van der Waals surface area (Å²) in [4.78, 5) is -0.0123. The Hall–Kier alpha value is -0.980. The molecule has 1 aromatic rings. The van der Waals surface area contributed by atoms with Crippen LogP contribution in [-0.4, -0.2) is 20.6 Å². The molecule has 0 bridgehead atoms. The van der Waals surface area contributed by atoms with Crippen molar-refractivity contribution in [2.24, 2.45) is 0 Å². The third kappa shape index (κ3) is 2.50. The Bertz CT molecular complexity index is 419. The van der Waals surface area contributed by atoms with E-state index < -0.39 is 10.0 Å². The Kier molecular flexibility index (Phi) is 4.18. The van der Waals surface area contributed by atoms with Crippen LogP contribution in [0, 0.1) is 0 Å². The van der Waals surface area contributed by atoms with Gasteiger partial charge in [0.2, 0.25) is 10.0 Å². The third-order valence-electron chi connectivity index (χ3n) is 1.58. The highest BCUT2D eigenvalue weighted by atomic mass is 35.5. The van der Waals surface area contributed by atoms with E-state index in [1.54, 1.807) is 0 Å². The van der Waals surface area contributed by atoms with Gasteiger partial charge in [-0.05, 0) is 19.2 Å². The number of phenolic OH excluding ortho intramolecular Hbond substituents is 1. The molecule has 7 heteroatoms. The second kappa shape index (κ2) is 4.50. The molecule has 0 saturated carbocycles. The Balaban J connectivity index is 0.00000169. The molecule has 14 heavy (non-hydrogen) atoms. The van der Waals surface area contributed by atoms with Gasteiger partial charge in [0.25, 0.3) is 0 Å². The number of phenols is 1. The van der Waals surface area contributed by atoms with Crippen LogP contribution in [0.2, 0.25) is 0 Å². The molecule has 0 spiro atoms. The minimum Gasteiger partial charge on any atom is -0.506 e. The Labute approximate surface area is 88.4 Å². The highest BCUT2D eigenvalue weighted by Gasteiger charge is 2.12. The first kappa shape index (κ1) is 13.0. The lowest BCUT2D eigenvalue weighted by atomic mass is 10.3. The van der Waals surface area contributed by atoms with Gasteiger partial charge in [-0.2, -0.15) is 0 Å². The molecule has 0 amide bonds. The third-order valence-corrected chi connectivity index (χ3v) is 2.99. The number of hydrogen-bond acceptors (Lipinski definition) is 4. The van der Waals surface area contributed by atoms with E-state index in [0.29, 0.717) is 0 Å². The Morgan fingerprint density at radius 2 is 2.00 bits per heavy atom. The molecular formula is C7H11ClN2O3S. The second-order valence-corrected chi connectivity index (χ2v) is 4.31. The smallest absolute Gasteiger partial charge is 0.240 e. The summed E-state index contributed by atoms with van der Waals surface area (Å²) in [6, 6.07) is 3.75. The first-order valence-electron chi connectivity index (χ1n) is 3.49. The van der Waals surface area contributed by atoms with Gasteiger partial charge < -0.3 is 10.8 Å². The molecule has 1 aromatic carbocycles. The van der Waals surface area contributed by atoms with E-state index in [-0.39, 0.29) is 28.7 Å². The fourth-order valence-corrected chi connectivity index (χ4v) is 1.56. The average molecular weight is 239 g/mol. The summed E-state index contributed by atoms with van der Waals surface area (Å²) in [5, 5.41) is 9.14. The van der Waals surface area contributed by atoms with E-state index in [0.717, 1.165) is 6.07 Å². The van der Waals surface area contributed by atoms with Crippen molar-refractivity contribution in [2.45, 2.75) is 4.90 Å². The number of hydrogen-bond donors (Lipinski definition) is 3. The summed E-state index contributed by atoms with van der Waals surface area (Å²) in [6.45, 7) is 0. The van der Waals surface area contributed by atoms with Crippen LogP contribution in [0.5, 0.6) is 5.75 Å². The number of halogens is 1. The van der Waals surface area contributed by atoms with Crippen LogP contribution < -0.4 is 10.5 Å². The SMILES string of the molecule is CNS(=O)(=O)c1ccc(N)c(O)c1.Cl. The molecular weight excluding hydrogens is 228 g/mol. The van der Waals surface area contributed by atoms with Crippen molar-refractivity contribution in [3.8, 4) is 5.75 Å². The van der Waals surface area contributed by atoms with Gasteiger partial charge in [-0.15, -0.1) is 12.4 Å². The molecule has 5 nitrogen and oxygen atoms in total. The Morgan fingerprint density at radius 3 is 2.43 bits per heavy atom. The number of nitrogens with two attached hydrogens (primary N) is 1. The van der Waals surface area contributed by atoms with Crippen LogP contribution in [0.25, 0.3) is 0 Å². The van der Waals surface area contributed by atoms with Crippen LogP contribution in [0.4, 0.5) is 5.69 Å². The van der Waals surface area contributed by atoms with E-state index in [9.17, 15) is 8.42 Å². The second-order valence-electron chi connectivity index (χ2n) is 2.43. The lowest BCUT2D eigenvalue weighted by Gasteiger charge is -2.03. The van der Waals surface area contributed by atoms with Crippen molar-refractivity contribution in [1.82, 2.24) is 4.72 Å². The molecule has 4 N–H and O–H groups in total. The molecule has 0 saturated heterocycles. The summed E-state index contributed by atoms with van der Waals surface area (Å²) in [6.07, 6.45) is 0. The fraction of sp³-hybridized carbons (Fsp3) is 0.143. The minimum absolute atomic E-state index is 0. The highest BCUT2D eigenvalue weighted by molar-refractivity contribution is 7.89. The molecule has 0 atom stereocenters. The van der Waals surface area contributed by atoms with Gasteiger partial charge in [0, 0.05) is 6.07 Å². The van der Waals surface area contributed by atoms with E-state index in [4.69, 9.17) is 10.8 Å². The summed E-state index contributed by atoms with van der Waals surface area (Å²) >= 11 is 0. The van der Waals surface area contributed by atoms with Crippen molar-refractivity contribution < 1.29 is 13.5 Å². The van der Waals surface area contributed by atoms with Gasteiger partial charge in [-0.3, -0.25) is 0 Å². The predicted molar refractivity (Wildman–Crippen MR) is 56.0 cm³/mol. The summed E-state index contributed by atoms with van der Waals surface area (Å²) < 4.78 is 24.5. The maximum atomic E-state index is 11.2. The molecule has 0 fully saturated rings. The number of aromatic hydroxyl groups is 1. The molecule has 0 aliphatic carbocycles. The van der Waals surface area contributed by atoms with Crippen LogP contribution in [-0.2, 0) is 10.0 Å². The van der Waals surface area contributed by atoms with Crippen molar-refractivity contribution >= 4 is 28.1 Å². The zero-order chi connectivity index (χ0) is 10.1. The van der Waals surface area contributed by atoms with Gasteiger partial charge in [-0.25, -0.2) is 13.1 Å². The largest absolute Gasteiger partial charge is 0.506 e. The molecule has 80 valence electrons. The van der Waals surface area contributed by atoms with Crippen molar-refractivity contribution in [3.05, 3.63) is 18.2 Å². The standard InChI is InChI=1S/C7H10N2O3S.ClH/c1-9-13(11,12)5-2-3-6(8)7(10)4-5;/h2-4,9-10H,8H2,1H3;1H. The quantitative estimate of drug-likeness (QED) is 0.511. The molecule has 0 radical (unpaired) electrons. The van der Waals surface area contributed by atoms with E-state index in [1.807, 2.05) is 0 Å². The number of sulfonamides is 1. The first-order valence-corrected chi connectivity index (χ1v) is 4.98. The highest BCUT2D eigenvalue weighted by Crippen LogP contribution is 2.22. The van der Waals surface area contributed by atoms with Crippen molar-refractivity contribution in [1.29, 1.82) is 0 Å². The van der Waals surface area contributed by atoms with E-state index in [2.05, 4.69) is 4.72 Å². The van der Waals surface area contributed by atoms with Gasteiger partial charge in [-0.1, -0.05) is 0 Å². The molecule has 0 aromatic heterocycles. The van der Waals surface area contributed by atoms with Crippen molar-refractivity contribution in [3.63, 3.8) is 0 Å². The lowest BCUT2D eigenvalue weighted by molar-refractivity contribution is 0.476. The van der Waals surface area contributed by atoms with Crippen LogP contribution in [0.15, 0.2) is 23.1 Å². The van der Waals surface area contributed by atoms with Crippen molar-refractivity contribution in [2.75, 3.05) is 12.8 Å². The molecule has 0 heterocycles. The molecule has 1 rings (SSSR count). The zero-order valence-corrected chi connectivity index (χ0v) is 9.02. The van der Waals surface area contributed by atoms with Crippen LogP contribution in [0.3, 0.4) is 0 Å². The summed E-state index contributed by atoms with van der Waals surface area (Å²) in [5.41, 5.74) is 5.46. The monoisotopic (exact) mass is 238 g/mol. The maximum absolute atomic E-state index is 11.2. The zero-order valence-electron chi connectivity index (χ0n) is 7.39. The topological polar surface area (TPSA) is 92.4 Å². The van der Waals surface area contributed by atoms with Gasteiger partial charge >= 0.3 is 0 Å². The fourth-order valence-electron chi connectivity index (χ4n) is 0.808. The molecule has 0 aliphatic heterocycles. The predicted octanol–water partition coefficient (Wildman–Crippen LogP) is 0.304. The molecule has 0 aliphatic rings. The number of anilines is 1. The van der Waals surface area contributed by atoms with Gasteiger partial charge in [0.15, 0.2) is 0 Å². The molecule has 0 unspecified atom stereocenters. The number of rotatable bonds is 2. The lowest BCUT2D eigenvalue weighted by Crippen LogP contribution is -2.18. The number of benzene rings is 1. The van der Waals surface area contributed by atoms with Crippen LogP contribution >= 0.6 is 12.4 Å².